The molecule has 1 fully saturated rings. The fourth-order valence-electron chi connectivity index (χ4n) is 5.41. The van der Waals surface area contributed by atoms with E-state index in [1.54, 1.807) is 0 Å². The van der Waals surface area contributed by atoms with E-state index in [1.807, 2.05) is 0 Å². The van der Waals surface area contributed by atoms with Crippen LogP contribution >= 0.6 is 24.0 Å². The Morgan fingerprint density at radius 2 is 1.62 bits per heavy atom. The summed E-state index contributed by atoms with van der Waals surface area (Å²) in [5.41, 5.74) is -0.567. The van der Waals surface area contributed by atoms with E-state index in [1.165, 1.54) is 28.8 Å². The minimum Gasteiger partial charge on any atom is -0.303 e. The fourth-order valence-corrected chi connectivity index (χ4v) is 7.17. The Labute approximate surface area is 238 Å². The summed E-state index contributed by atoms with van der Waals surface area (Å²) in [6.45, 7) is 0.327. The average Bonchev–Trinajstić information content (AvgIpc) is 3.22. The van der Waals surface area contributed by atoms with Gasteiger partial charge < -0.3 is 4.90 Å². The Hall–Kier alpha value is -2.61. The van der Waals surface area contributed by atoms with Crippen molar-refractivity contribution in [1.29, 1.82) is 0 Å². The number of hydrogen-bond acceptors (Lipinski definition) is 5. The van der Waals surface area contributed by atoms with E-state index in [0.717, 1.165) is 16.4 Å². The smallest absolute Gasteiger partial charge is 0.303 e. The van der Waals surface area contributed by atoms with Crippen LogP contribution < -0.4 is 5.69 Å². The van der Waals surface area contributed by atoms with E-state index < -0.39 is 40.2 Å². The highest BCUT2D eigenvalue weighted by molar-refractivity contribution is 7.90. The number of likely N-dealkylation sites (tertiary alicyclic amines) is 1. The zero-order valence-electron chi connectivity index (χ0n) is 21.0. The van der Waals surface area contributed by atoms with Gasteiger partial charge in [-0.3, -0.25) is 13.9 Å². The van der Waals surface area contributed by atoms with Crippen LogP contribution in [0.3, 0.4) is 0 Å². The standard InChI is InChI=1S/C25H25ClF4N4O4S.ClH/c26-16-3-6-22-19(13-16)23(35)33(39(22,37)38)10-2-1-9-31-11-7-18(8-12-31)34-20-5-4-17(27)14-21(20)32(24(34)36)15-25(28,29)30;/h3-6,13-14,18H,1-2,7-12,15H2;1H. The number of halogens is 6. The third-order valence-electron chi connectivity index (χ3n) is 7.24. The number of imidazole rings is 1. The highest BCUT2D eigenvalue weighted by Gasteiger charge is 2.40. The van der Waals surface area contributed by atoms with Gasteiger partial charge in [-0.25, -0.2) is 21.9 Å². The van der Waals surface area contributed by atoms with Gasteiger partial charge in [0.05, 0.1) is 16.6 Å². The zero-order chi connectivity index (χ0) is 28.1. The molecule has 0 atom stereocenters. The molecule has 2 aliphatic rings. The lowest BCUT2D eigenvalue weighted by Crippen LogP contribution is -2.39. The molecular weight excluding hydrogens is 599 g/mol. The summed E-state index contributed by atoms with van der Waals surface area (Å²) >= 11 is 5.91. The molecule has 0 saturated carbocycles. The fraction of sp³-hybridized carbons (Fsp3) is 0.440. The number of alkyl halides is 3. The summed E-state index contributed by atoms with van der Waals surface area (Å²) in [5, 5.41) is 0.280. The van der Waals surface area contributed by atoms with E-state index in [2.05, 4.69) is 4.90 Å². The SMILES string of the molecule is Cl.O=C1c2cc(Cl)ccc2S(=O)(=O)N1CCCCN1CCC(n2c(=O)n(CC(F)(F)F)c3cc(F)ccc32)CC1. The first-order chi connectivity index (χ1) is 18.4. The van der Waals surface area contributed by atoms with Crippen molar-refractivity contribution in [2.24, 2.45) is 0 Å². The Morgan fingerprint density at radius 3 is 2.30 bits per heavy atom. The van der Waals surface area contributed by atoms with Crippen molar-refractivity contribution in [2.75, 3.05) is 26.2 Å². The molecule has 0 unspecified atom stereocenters. The van der Waals surface area contributed by atoms with Gasteiger partial charge in [0.15, 0.2) is 0 Å². The number of nitrogens with zero attached hydrogens (tertiary/aromatic N) is 4. The monoisotopic (exact) mass is 624 g/mol. The molecule has 5 rings (SSSR count). The summed E-state index contributed by atoms with van der Waals surface area (Å²) in [7, 11) is -3.91. The maximum absolute atomic E-state index is 13.8. The maximum Gasteiger partial charge on any atom is 0.406 e. The van der Waals surface area contributed by atoms with Gasteiger partial charge in [0.2, 0.25) is 0 Å². The van der Waals surface area contributed by atoms with Crippen LogP contribution in [-0.2, 0) is 16.6 Å². The second kappa shape index (κ2) is 11.3. The lowest BCUT2D eigenvalue weighted by molar-refractivity contribution is -0.140. The normalized spacial score (nSPS) is 17.8. The van der Waals surface area contributed by atoms with E-state index in [-0.39, 0.29) is 51.5 Å². The van der Waals surface area contributed by atoms with E-state index in [9.17, 15) is 35.6 Å². The first-order valence-electron chi connectivity index (χ1n) is 12.4. The largest absolute Gasteiger partial charge is 0.406 e. The molecule has 1 aromatic heterocycles. The number of carbonyl (C=O) groups excluding carboxylic acids is 1. The molecule has 0 N–H and O–H groups in total. The minimum absolute atomic E-state index is 0. The van der Waals surface area contributed by atoms with Crippen LogP contribution in [0, 0.1) is 5.82 Å². The number of unbranched alkanes of at least 4 members (excludes halogenated alkanes) is 1. The van der Waals surface area contributed by atoms with Gasteiger partial charge in [-0.15, -0.1) is 12.4 Å². The van der Waals surface area contributed by atoms with Crippen molar-refractivity contribution < 1.29 is 30.8 Å². The molecule has 1 saturated heterocycles. The summed E-state index contributed by atoms with van der Waals surface area (Å²) in [5.74, 6) is -1.31. The molecule has 40 heavy (non-hydrogen) atoms. The molecule has 8 nitrogen and oxygen atoms in total. The number of fused-ring (bicyclic) bond motifs is 2. The number of rotatable bonds is 7. The molecule has 0 spiro atoms. The number of carbonyl (C=O) groups is 1. The lowest BCUT2D eigenvalue weighted by Gasteiger charge is -2.32. The molecule has 2 aromatic carbocycles. The topological polar surface area (TPSA) is 84.6 Å². The van der Waals surface area contributed by atoms with Crippen molar-refractivity contribution in [2.45, 2.75) is 49.3 Å². The molecular formula is C25H26Cl2F4N4O4S. The van der Waals surface area contributed by atoms with Crippen LogP contribution in [0.15, 0.2) is 46.1 Å². The second-order valence-electron chi connectivity index (χ2n) is 9.79. The number of aromatic nitrogens is 2. The highest BCUT2D eigenvalue weighted by Crippen LogP contribution is 2.33. The maximum atomic E-state index is 13.8. The third-order valence-corrected chi connectivity index (χ3v) is 9.31. The van der Waals surface area contributed by atoms with Gasteiger partial charge in [0.1, 0.15) is 17.3 Å². The Kier molecular flexibility index (Phi) is 8.61. The second-order valence-corrected chi connectivity index (χ2v) is 12.1. The van der Waals surface area contributed by atoms with Gasteiger partial charge in [-0.05, 0) is 68.6 Å². The van der Waals surface area contributed by atoms with Crippen molar-refractivity contribution in [1.82, 2.24) is 18.3 Å². The van der Waals surface area contributed by atoms with Crippen molar-refractivity contribution in [3.63, 3.8) is 0 Å². The third kappa shape index (κ3) is 5.74. The van der Waals surface area contributed by atoms with Gasteiger partial charge >= 0.3 is 11.9 Å². The minimum atomic E-state index is -4.63. The van der Waals surface area contributed by atoms with E-state index in [4.69, 9.17) is 11.6 Å². The molecule has 0 aliphatic carbocycles. The molecule has 0 bridgehead atoms. The van der Waals surface area contributed by atoms with E-state index >= 15 is 0 Å². The van der Waals surface area contributed by atoms with Gasteiger partial charge in [0, 0.05) is 30.7 Å². The van der Waals surface area contributed by atoms with Gasteiger partial charge in [-0.2, -0.15) is 13.2 Å². The molecule has 218 valence electrons. The molecule has 1 amide bonds. The van der Waals surface area contributed by atoms with Crippen molar-refractivity contribution >= 4 is 51.0 Å². The quantitative estimate of drug-likeness (QED) is 0.277. The molecule has 0 radical (unpaired) electrons. The Bertz CT molecular complexity index is 1600. The molecule has 3 aromatic rings. The number of hydrogen-bond donors (Lipinski definition) is 0. The summed E-state index contributed by atoms with van der Waals surface area (Å²) in [4.78, 5) is 27.7. The van der Waals surface area contributed by atoms with Crippen LogP contribution in [0.5, 0.6) is 0 Å². The molecule has 2 aliphatic heterocycles. The predicted molar refractivity (Wildman–Crippen MR) is 143 cm³/mol. The highest BCUT2D eigenvalue weighted by atomic mass is 35.5. The van der Waals surface area contributed by atoms with Crippen LogP contribution in [-0.4, -0.2) is 65.0 Å². The first kappa shape index (κ1) is 30.4. The van der Waals surface area contributed by atoms with Crippen molar-refractivity contribution in [3.8, 4) is 0 Å². The van der Waals surface area contributed by atoms with Gasteiger partial charge in [-0.1, -0.05) is 11.6 Å². The molecule has 15 heteroatoms. The predicted octanol–water partition coefficient (Wildman–Crippen LogP) is 4.84. The number of amides is 1. The van der Waals surface area contributed by atoms with Crippen LogP contribution in [0.2, 0.25) is 5.02 Å². The first-order valence-corrected chi connectivity index (χ1v) is 14.2. The van der Waals surface area contributed by atoms with Crippen molar-refractivity contribution in [3.05, 3.63) is 63.3 Å². The van der Waals surface area contributed by atoms with E-state index in [0.29, 0.717) is 49.9 Å². The Morgan fingerprint density at radius 1 is 0.950 bits per heavy atom. The summed E-state index contributed by atoms with van der Waals surface area (Å²) in [6, 6.07) is 7.19. The Balaban J connectivity index is 0.00000370. The summed E-state index contributed by atoms with van der Waals surface area (Å²) in [6.07, 6.45) is -2.55. The van der Waals surface area contributed by atoms with Crippen LogP contribution in [0.25, 0.3) is 11.0 Å². The summed E-state index contributed by atoms with van der Waals surface area (Å²) < 4.78 is 81.4. The average molecular weight is 625 g/mol. The number of benzene rings is 2. The lowest BCUT2D eigenvalue weighted by atomic mass is 10.0. The van der Waals surface area contributed by atoms with Gasteiger partial charge in [0.25, 0.3) is 15.9 Å². The number of sulfonamides is 1. The van der Waals surface area contributed by atoms with Crippen LogP contribution in [0.4, 0.5) is 17.6 Å². The molecule has 3 heterocycles. The number of piperidine rings is 1. The zero-order valence-corrected chi connectivity index (χ0v) is 23.4. The van der Waals surface area contributed by atoms with Crippen LogP contribution in [0.1, 0.15) is 42.1 Å².